The van der Waals surface area contributed by atoms with Crippen LogP contribution >= 0.6 is 0 Å². The summed E-state index contributed by atoms with van der Waals surface area (Å²) in [5, 5.41) is 0. The quantitative estimate of drug-likeness (QED) is 0.649. The van der Waals surface area contributed by atoms with Crippen LogP contribution in [0.3, 0.4) is 0 Å². The Balaban J connectivity index is 0.000000261. The van der Waals surface area contributed by atoms with Gasteiger partial charge in [0.1, 0.15) is 0 Å². The molecule has 5 heteroatoms. The number of rotatable bonds is 1. The zero-order chi connectivity index (χ0) is 9.40. The minimum absolute atomic E-state index is 0.640. The van der Waals surface area contributed by atoms with E-state index in [-0.39, 0.29) is 0 Å². The summed E-state index contributed by atoms with van der Waals surface area (Å²) in [5.41, 5.74) is 6.54. The second kappa shape index (κ2) is 6.73. The monoisotopic (exact) mass is 175 g/mol. The lowest BCUT2D eigenvalue weighted by molar-refractivity contribution is 0.535. The van der Waals surface area contributed by atoms with Crippen molar-refractivity contribution in [1.29, 1.82) is 0 Å². The molecule has 0 unspecified atom stereocenters. The fourth-order valence-corrected chi connectivity index (χ4v) is 0.614. The first kappa shape index (κ1) is 11.0. The number of hydrogen-bond donors (Lipinski definition) is 1. The summed E-state index contributed by atoms with van der Waals surface area (Å²) >= 11 is 0. The summed E-state index contributed by atoms with van der Waals surface area (Å²) in [4.78, 5) is 0. The Kier molecular flexibility index (Phi) is 6.19. The molecule has 0 atom stereocenters. The molecule has 0 bridgehead atoms. The van der Waals surface area contributed by atoms with Gasteiger partial charge in [0, 0.05) is 6.54 Å². The molecule has 0 aliphatic carbocycles. The van der Waals surface area contributed by atoms with Gasteiger partial charge in [-0.2, -0.15) is 0 Å². The minimum Gasteiger partial charge on any atom is -0.326 e. The Morgan fingerprint density at radius 3 is 1.75 bits per heavy atom. The highest BCUT2D eigenvalue weighted by atomic mass is 19.4. The van der Waals surface area contributed by atoms with Crippen LogP contribution in [-0.4, -0.2) is 7.54 Å². The summed E-state index contributed by atoms with van der Waals surface area (Å²) in [7, 11) is -3.67. The SMILES string of the molecule is FB(F)F.NCc1ccccc1. The highest BCUT2D eigenvalue weighted by Crippen LogP contribution is 1.94. The normalized spacial score (nSPS) is 8.33. The van der Waals surface area contributed by atoms with Crippen LogP contribution in [0.25, 0.3) is 0 Å². The lowest BCUT2D eigenvalue weighted by Crippen LogP contribution is -1.94. The molecular formula is C7H9BF3N. The van der Waals surface area contributed by atoms with Crippen molar-refractivity contribution in [3.63, 3.8) is 0 Å². The first-order chi connectivity index (χ1) is 5.66. The van der Waals surface area contributed by atoms with Crippen LogP contribution in [0.15, 0.2) is 30.3 Å². The molecule has 1 nitrogen and oxygen atoms in total. The highest BCUT2D eigenvalue weighted by Gasteiger charge is 2.06. The maximum absolute atomic E-state index is 9.67. The Hall–Kier alpha value is -0.965. The van der Waals surface area contributed by atoms with Crippen molar-refractivity contribution in [2.45, 2.75) is 6.54 Å². The number of nitrogens with two attached hydrogens (primary N) is 1. The summed E-state index contributed by atoms with van der Waals surface area (Å²) in [6.07, 6.45) is 0. The van der Waals surface area contributed by atoms with E-state index in [4.69, 9.17) is 5.73 Å². The fraction of sp³-hybridized carbons (Fsp3) is 0.143. The van der Waals surface area contributed by atoms with Crippen molar-refractivity contribution in [3.05, 3.63) is 35.9 Å². The standard InChI is InChI=1S/C7H9N.BF3/c8-6-7-4-2-1-3-5-7;2-1(3)4/h1-5H,6,8H2;. The molecule has 0 aromatic heterocycles. The zero-order valence-electron chi connectivity index (χ0n) is 6.38. The van der Waals surface area contributed by atoms with Crippen molar-refractivity contribution in [2.24, 2.45) is 5.73 Å². The Labute approximate surface area is 69.6 Å². The van der Waals surface area contributed by atoms with Gasteiger partial charge in [-0.25, -0.2) is 0 Å². The van der Waals surface area contributed by atoms with Gasteiger partial charge < -0.3 is 5.73 Å². The molecule has 66 valence electrons. The molecule has 0 heterocycles. The number of benzene rings is 1. The van der Waals surface area contributed by atoms with Crippen LogP contribution in [0.2, 0.25) is 0 Å². The first-order valence-corrected chi connectivity index (χ1v) is 3.33. The second-order valence-electron chi connectivity index (χ2n) is 1.94. The zero-order valence-corrected chi connectivity index (χ0v) is 6.38. The Bertz CT molecular complexity index is 190. The Morgan fingerprint density at radius 2 is 1.50 bits per heavy atom. The molecular weight excluding hydrogens is 166 g/mol. The summed E-state index contributed by atoms with van der Waals surface area (Å²) in [6.45, 7) is 0.640. The van der Waals surface area contributed by atoms with E-state index in [1.807, 2.05) is 30.3 Å². The van der Waals surface area contributed by atoms with E-state index in [9.17, 15) is 12.9 Å². The van der Waals surface area contributed by atoms with Gasteiger partial charge in [-0.1, -0.05) is 30.3 Å². The third-order valence-electron chi connectivity index (χ3n) is 1.08. The average Bonchev–Trinajstić information content (AvgIpc) is 2.05. The maximum atomic E-state index is 9.67. The van der Waals surface area contributed by atoms with Gasteiger partial charge in [0.25, 0.3) is 0 Å². The summed E-state index contributed by atoms with van der Waals surface area (Å²) < 4.78 is 29.0. The molecule has 0 saturated heterocycles. The topological polar surface area (TPSA) is 26.0 Å². The lowest BCUT2D eigenvalue weighted by atomic mass is 10.2. The van der Waals surface area contributed by atoms with E-state index in [1.54, 1.807) is 0 Å². The van der Waals surface area contributed by atoms with Gasteiger partial charge in [-0.3, -0.25) is 12.9 Å². The molecule has 0 aliphatic rings. The molecule has 0 aliphatic heterocycles. The molecule has 2 N–H and O–H groups in total. The second-order valence-corrected chi connectivity index (χ2v) is 1.94. The van der Waals surface area contributed by atoms with E-state index >= 15 is 0 Å². The van der Waals surface area contributed by atoms with E-state index in [0.717, 1.165) is 0 Å². The van der Waals surface area contributed by atoms with E-state index in [0.29, 0.717) is 6.54 Å². The van der Waals surface area contributed by atoms with Crippen LogP contribution in [0.1, 0.15) is 5.56 Å². The highest BCUT2D eigenvalue weighted by molar-refractivity contribution is 6.33. The van der Waals surface area contributed by atoms with Crippen molar-refractivity contribution in [3.8, 4) is 0 Å². The Morgan fingerprint density at radius 1 is 1.08 bits per heavy atom. The molecule has 1 aromatic rings. The molecule has 1 aromatic carbocycles. The smallest absolute Gasteiger partial charge is 0.326 e. The average molecular weight is 175 g/mol. The van der Waals surface area contributed by atoms with Crippen LogP contribution in [0.4, 0.5) is 12.9 Å². The predicted octanol–water partition coefficient (Wildman–Crippen LogP) is 2.03. The van der Waals surface area contributed by atoms with Crippen molar-refractivity contribution in [2.75, 3.05) is 0 Å². The van der Waals surface area contributed by atoms with Gasteiger partial charge in [0.2, 0.25) is 0 Å². The van der Waals surface area contributed by atoms with E-state index in [2.05, 4.69) is 0 Å². The van der Waals surface area contributed by atoms with Gasteiger partial charge >= 0.3 is 7.54 Å². The van der Waals surface area contributed by atoms with Gasteiger partial charge in [-0.15, -0.1) is 0 Å². The lowest BCUT2D eigenvalue weighted by Gasteiger charge is -1.90. The minimum atomic E-state index is -3.67. The molecule has 0 radical (unpaired) electrons. The molecule has 0 saturated carbocycles. The predicted molar refractivity (Wildman–Crippen MR) is 43.4 cm³/mol. The molecule has 0 fully saturated rings. The number of hydrogen-bond acceptors (Lipinski definition) is 1. The summed E-state index contributed by atoms with van der Waals surface area (Å²) in [5.74, 6) is 0. The van der Waals surface area contributed by atoms with Gasteiger partial charge in [-0.05, 0) is 5.56 Å². The van der Waals surface area contributed by atoms with Crippen molar-refractivity contribution in [1.82, 2.24) is 0 Å². The molecule has 0 spiro atoms. The summed E-state index contributed by atoms with van der Waals surface area (Å²) in [6, 6.07) is 9.99. The largest absolute Gasteiger partial charge is 0.762 e. The van der Waals surface area contributed by atoms with Crippen molar-refractivity contribution < 1.29 is 12.9 Å². The van der Waals surface area contributed by atoms with Gasteiger partial charge in [0.15, 0.2) is 0 Å². The van der Waals surface area contributed by atoms with Crippen LogP contribution < -0.4 is 5.73 Å². The van der Waals surface area contributed by atoms with Crippen LogP contribution in [-0.2, 0) is 6.54 Å². The first-order valence-electron chi connectivity index (χ1n) is 3.33. The van der Waals surface area contributed by atoms with Crippen LogP contribution in [0.5, 0.6) is 0 Å². The molecule has 0 amide bonds. The molecule has 1 rings (SSSR count). The van der Waals surface area contributed by atoms with E-state index < -0.39 is 7.54 Å². The third kappa shape index (κ3) is 7.15. The maximum Gasteiger partial charge on any atom is 0.762 e. The van der Waals surface area contributed by atoms with Crippen LogP contribution in [0, 0.1) is 0 Å². The fourth-order valence-electron chi connectivity index (χ4n) is 0.614. The van der Waals surface area contributed by atoms with E-state index in [1.165, 1.54) is 5.56 Å². The number of halogens is 3. The third-order valence-corrected chi connectivity index (χ3v) is 1.08. The van der Waals surface area contributed by atoms with Crippen molar-refractivity contribution >= 4 is 7.54 Å². The molecule has 12 heavy (non-hydrogen) atoms. The van der Waals surface area contributed by atoms with Gasteiger partial charge in [0.05, 0.1) is 0 Å².